The number of aryl methyl sites for hydroxylation is 3. The number of rotatable bonds is 6. The third-order valence-electron chi connectivity index (χ3n) is 5.69. The molecule has 0 radical (unpaired) electrons. The standard InChI is InChI=1S/C25H23N3O4/c1-15-21(16(2)28(4)26-15)24(30)25(31)32-14-20(29)22-18-12-8-9-13-19(18)27(3)23(22)17-10-6-5-7-11-17/h5-13H,14H2,1-4H3. The molecule has 0 unspecified atom stereocenters. The quantitative estimate of drug-likeness (QED) is 0.264. The molecule has 0 amide bonds. The molecule has 2 heterocycles. The van der Waals surface area contributed by atoms with E-state index in [0.29, 0.717) is 17.0 Å². The normalized spacial score (nSPS) is 11.0. The van der Waals surface area contributed by atoms with Crippen molar-refractivity contribution in [1.29, 1.82) is 0 Å². The molecule has 0 N–H and O–H groups in total. The van der Waals surface area contributed by atoms with Gasteiger partial charge in [-0.1, -0.05) is 48.5 Å². The van der Waals surface area contributed by atoms with E-state index in [-0.39, 0.29) is 11.3 Å². The summed E-state index contributed by atoms with van der Waals surface area (Å²) < 4.78 is 8.64. The Balaban J connectivity index is 1.65. The fourth-order valence-electron chi connectivity index (χ4n) is 4.08. The molecule has 4 rings (SSSR count). The molecule has 0 aliphatic rings. The Kier molecular flexibility index (Phi) is 5.48. The number of para-hydroxylation sites is 1. The minimum absolute atomic E-state index is 0.208. The van der Waals surface area contributed by atoms with Crippen molar-refractivity contribution in [2.75, 3.05) is 6.61 Å². The number of carbonyl (C=O) groups is 3. The van der Waals surface area contributed by atoms with Crippen LogP contribution in [0, 0.1) is 13.8 Å². The van der Waals surface area contributed by atoms with Gasteiger partial charge in [0.25, 0.3) is 5.78 Å². The predicted molar refractivity (Wildman–Crippen MR) is 121 cm³/mol. The Morgan fingerprint density at radius 2 is 1.56 bits per heavy atom. The summed E-state index contributed by atoms with van der Waals surface area (Å²) in [6.45, 7) is 2.82. The molecule has 0 bridgehead atoms. The van der Waals surface area contributed by atoms with Crippen LogP contribution >= 0.6 is 0 Å². The topological polar surface area (TPSA) is 83.2 Å². The number of fused-ring (bicyclic) bond motifs is 1. The van der Waals surface area contributed by atoms with Crippen molar-refractivity contribution in [2.24, 2.45) is 14.1 Å². The summed E-state index contributed by atoms with van der Waals surface area (Å²) in [6.07, 6.45) is 0. The maximum atomic E-state index is 13.2. The van der Waals surface area contributed by atoms with Crippen molar-refractivity contribution in [3.05, 3.63) is 77.1 Å². The summed E-state index contributed by atoms with van der Waals surface area (Å²) in [5.41, 5.74) is 4.17. The van der Waals surface area contributed by atoms with E-state index in [1.807, 2.05) is 66.2 Å². The highest BCUT2D eigenvalue weighted by Gasteiger charge is 2.28. The van der Waals surface area contributed by atoms with Crippen LogP contribution in [-0.2, 0) is 23.6 Å². The molecule has 0 aliphatic carbocycles. The van der Waals surface area contributed by atoms with Crippen molar-refractivity contribution in [3.8, 4) is 11.3 Å². The first-order chi connectivity index (χ1) is 15.3. The van der Waals surface area contributed by atoms with Crippen molar-refractivity contribution in [1.82, 2.24) is 14.3 Å². The van der Waals surface area contributed by atoms with Gasteiger partial charge in [-0.15, -0.1) is 0 Å². The molecule has 2 aromatic heterocycles. The van der Waals surface area contributed by atoms with E-state index in [2.05, 4.69) is 5.10 Å². The van der Waals surface area contributed by atoms with Crippen LogP contribution in [0.5, 0.6) is 0 Å². The lowest BCUT2D eigenvalue weighted by Crippen LogP contribution is -2.22. The lowest BCUT2D eigenvalue weighted by atomic mass is 10.0. The third kappa shape index (κ3) is 3.51. The van der Waals surface area contributed by atoms with Crippen LogP contribution in [0.15, 0.2) is 54.6 Å². The van der Waals surface area contributed by atoms with Crippen molar-refractivity contribution in [2.45, 2.75) is 13.8 Å². The van der Waals surface area contributed by atoms with Crippen LogP contribution in [0.1, 0.15) is 32.1 Å². The molecule has 7 nitrogen and oxygen atoms in total. The largest absolute Gasteiger partial charge is 0.451 e. The Labute approximate surface area is 185 Å². The number of aromatic nitrogens is 3. The highest BCUT2D eigenvalue weighted by molar-refractivity contribution is 6.41. The molecular formula is C25H23N3O4. The highest BCUT2D eigenvalue weighted by atomic mass is 16.5. The zero-order valence-corrected chi connectivity index (χ0v) is 18.4. The van der Waals surface area contributed by atoms with Crippen LogP contribution in [0.25, 0.3) is 22.2 Å². The number of hydrogen-bond donors (Lipinski definition) is 0. The van der Waals surface area contributed by atoms with E-state index in [0.717, 1.165) is 22.2 Å². The number of ketones is 2. The maximum absolute atomic E-state index is 13.2. The monoisotopic (exact) mass is 429 g/mol. The molecule has 0 saturated carbocycles. The van der Waals surface area contributed by atoms with Gasteiger partial charge in [0.2, 0.25) is 5.78 Å². The molecule has 0 aliphatic heterocycles. The number of esters is 1. The number of nitrogens with zero attached hydrogens (tertiary/aromatic N) is 3. The summed E-state index contributed by atoms with van der Waals surface area (Å²) in [4.78, 5) is 38.3. The van der Waals surface area contributed by atoms with E-state index in [1.165, 1.54) is 4.68 Å². The zero-order chi connectivity index (χ0) is 23.0. The smallest absolute Gasteiger partial charge is 0.380 e. The van der Waals surface area contributed by atoms with Crippen LogP contribution in [0.4, 0.5) is 0 Å². The van der Waals surface area contributed by atoms with Gasteiger partial charge in [-0.3, -0.25) is 14.3 Å². The summed E-state index contributed by atoms with van der Waals surface area (Å²) >= 11 is 0. The zero-order valence-electron chi connectivity index (χ0n) is 18.4. The van der Waals surface area contributed by atoms with Gasteiger partial charge in [0.1, 0.15) is 0 Å². The molecule has 7 heteroatoms. The van der Waals surface area contributed by atoms with Gasteiger partial charge in [-0.2, -0.15) is 5.10 Å². The fraction of sp³-hybridized carbons (Fsp3) is 0.200. The maximum Gasteiger partial charge on any atom is 0.380 e. The second-order valence-corrected chi connectivity index (χ2v) is 7.66. The molecule has 0 saturated heterocycles. The Hall–Kier alpha value is -4.00. The van der Waals surface area contributed by atoms with E-state index in [4.69, 9.17) is 4.74 Å². The number of ether oxygens (including phenoxy) is 1. The minimum atomic E-state index is -1.07. The third-order valence-corrected chi connectivity index (χ3v) is 5.69. The SMILES string of the molecule is Cc1nn(C)c(C)c1C(=O)C(=O)OCC(=O)c1c(-c2ccccc2)n(C)c2ccccc12. The Morgan fingerprint density at radius 3 is 2.22 bits per heavy atom. The van der Waals surface area contributed by atoms with Gasteiger partial charge in [0, 0.05) is 30.7 Å². The number of Topliss-reactive ketones (excluding diaryl/α,β-unsaturated/α-hetero) is 2. The Bertz CT molecular complexity index is 1360. The average molecular weight is 429 g/mol. The van der Waals surface area contributed by atoms with Crippen LogP contribution in [-0.4, -0.2) is 38.5 Å². The van der Waals surface area contributed by atoms with Crippen molar-refractivity contribution < 1.29 is 19.1 Å². The molecular weight excluding hydrogens is 406 g/mol. The van der Waals surface area contributed by atoms with Gasteiger partial charge in [-0.05, 0) is 25.5 Å². The highest BCUT2D eigenvalue weighted by Crippen LogP contribution is 2.33. The molecule has 0 atom stereocenters. The fourth-order valence-corrected chi connectivity index (χ4v) is 4.08. The first-order valence-corrected chi connectivity index (χ1v) is 10.2. The van der Waals surface area contributed by atoms with E-state index in [9.17, 15) is 14.4 Å². The first kappa shape index (κ1) is 21.2. The summed E-state index contributed by atoms with van der Waals surface area (Å²) in [5.74, 6) is -2.25. The van der Waals surface area contributed by atoms with Gasteiger partial charge in [0.15, 0.2) is 6.61 Å². The minimum Gasteiger partial charge on any atom is -0.451 e. The molecule has 32 heavy (non-hydrogen) atoms. The second kappa shape index (κ2) is 8.26. The number of carbonyl (C=O) groups excluding carboxylic acids is 3. The average Bonchev–Trinajstić information content (AvgIpc) is 3.24. The molecule has 0 fully saturated rings. The molecule has 0 spiro atoms. The second-order valence-electron chi connectivity index (χ2n) is 7.66. The molecule has 4 aromatic rings. The van der Waals surface area contributed by atoms with Gasteiger partial charge in [-0.25, -0.2) is 4.79 Å². The molecule has 162 valence electrons. The van der Waals surface area contributed by atoms with Crippen molar-refractivity contribution in [3.63, 3.8) is 0 Å². The van der Waals surface area contributed by atoms with Gasteiger partial charge < -0.3 is 9.30 Å². The Morgan fingerprint density at radius 1 is 0.906 bits per heavy atom. The lowest BCUT2D eigenvalue weighted by molar-refractivity contribution is -0.137. The predicted octanol–water partition coefficient (Wildman–Crippen LogP) is 3.80. The van der Waals surface area contributed by atoms with E-state index in [1.54, 1.807) is 20.9 Å². The van der Waals surface area contributed by atoms with Gasteiger partial charge in [0.05, 0.1) is 22.5 Å². The first-order valence-electron chi connectivity index (χ1n) is 10.2. The number of hydrogen-bond acceptors (Lipinski definition) is 5. The van der Waals surface area contributed by atoms with Crippen molar-refractivity contribution >= 4 is 28.4 Å². The lowest BCUT2D eigenvalue weighted by Gasteiger charge is -2.08. The van der Waals surface area contributed by atoms with E-state index >= 15 is 0 Å². The van der Waals surface area contributed by atoms with Crippen LogP contribution < -0.4 is 0 Å². The van der Waals surface area contributed by atoms with Crippen LogP contribution in [0.2, 0.25) is 0 Å². The van der Waals surface area contributed by atoms with E-state index < -0.39 is 18.4 Å². The van der Waals surface area contributed by atoms with Gasteiger partial charge >= 0.3 is 5.97 Å². The number of benzene rings is 2. The summed E-state index contributed by atoms with van der Waals surface area (Å²) in [6, 6.07) is 17.1. The molecule has 2 aromatic carbocycles. The van der Waals surface area contributed by atoms with Crippen LogP contribution in [0.3, 0.4) is 0 Å². The summed E-state index contributed by atoms with van der Waals surface area (Å²) in [7, 11) is 3.59. The summed E-state index contributed by atoms with van der Waals surface area (Å²) in [5, 5.41) is 4.92.